The lowest BCUT2D eigenvalue weighted by molar-refractivity contribution is -0.132. The Hall–Kier alpha value is -2.51. The lowest BCUT2D eigenvalue weighted by Crippen LogP contribution is -2.51. The first-order valence-electron chi connectivity index (χ1n) is 14.8. The first-order valence-corrected chi connectivity index (χ1v) is 15.8. The Kier molecular flexibility index (Phi) is 11.0. The van der Waals surface area contributed by atoms with Crippen molar-refractivity contribution in [3.8, 4) is 0 Å². The van der Waals surface area contributed by atoms with Gasteiger partial charge in [0.2, 0.25) is 5.91 Å². The van der Waals surface area contributed by atoms with Gasteiger partial charge in [0.15, 0.2) is 0 Å². The first kappa shape index (κ1) is 30.4. The molecule has 2 aliphatic carbocycles. The highest BCUT2D eigenvalue weighted by Crippen LogP contribution is 2.47. The number of benzene rings is 2. The number of amides is 2. The van der Waals surface area contributed by atoms with Gasteiger partial charge in [-0.2, -0.15) is 0 Å². The van der Waals surface area contributed by atoms with Crippen LogP contribution in [-0.2, 0) is 16.1 Å². The fraction of sp³-hybridized carbons (Fsp3) is 0.576. The summed E-state index contributed by atoms with van der Waals surface area (Å²) in [7, 11) is 0. The maximum Gasteiger partial charge on any atom is 0.407 e. The molecule has 0 spiro atoms. The SMILES string of the molecule is CC(C)(C)NC(=O)[C@@H]1C[C@@H]2CCCC[C@@H]2CC1C[C@@H](O)[C@H](CSc1ccccc1)NC(=O)OCc1ccccc1. The summed E-state index contributed by atoms with van der Waals surface area (Å²) in [6, 6.07) is 19.0. The van der Waals surface area contributed by atoms with Crippen LogP contribution in [0.3, 0.4) is 0 Å². The second-order valence-electron chi connectivity index (χ2n) is 12.6. The molecule has 3 N–H and O–H groups in total. The molecular weight excluding hydrogens is 520 g/mol. The molecule has 0 heterocycles. The van der Waals surface area contributed by atoms with E-state index in [1.54, 1.807) is 11.8 Å². The molecule has 0 saturated heterocycles. The van der Waals surface area contributed by atoms with E-state index in [-0.39, 0.29) is 29.9 Å². The molecule has 0 radical (unpaired) electrons. The van der Waals surface area contributed by atoms with Crippen molar-refractivity contribution in [2.24, 2.45) is 23.7 Å². The van der Waals surface area contributed by atoms with Crippen LogP contribution < -0.4 is 10.6 Å². The number of carbonyl (C=O) groups is 2. The Morgan fingerprint density at radius 3 is 2.25 bits per heavy atom. The van der Waals surface area contributed by atoms with E-state index in [4.69, 9.17) is 4.74 Å². The number of rotatable bonds is 10. The topological polar surface area (TPSA) is 87.7 Å². The highest BCUT2D eigenvalue weighted by Gasteiger charge is 2.43. The number of alkyl carbamates (subject to hydrolysis) is 1. The third-order valence-electron chi connectivity index (χ3n) is 8.33. The van der Waals surface area contributed by atoms with Crippen LogP contribution in [-0.4, -0.2) is 40.5 Å². The number of thioether (sulfide) groups is 1. The van der Waals surface area contributed by atoms with E-state index in [1.807, 2.05) is 81.4 Å². The third-order valence-corrected chi connectivity index (χ3v) is 9.46. The molecule has 1 unspecified atom stereocenters. The van der Waals surface area contributed by atoms with Crippen LogP contribution in [0.2, 0.25) is 0 Å². The summed E-state index contributed by atoms with van der Waals surface area (Å²) in [5.41, 5.74) is 0.605. The number of aliphatic hydroxyl groups excluding tert-OH is 1. The van der Waals surface area contributed by atoms with Gasteiger partial charge in [-0.3, -0.25) is 4.79 Å². The van der Waals surface area contributed by atoms with Crippen LogP contribution in [0.15, 0.2) is 65.6 Å². The smallest absolute Gasteiger partial charge is 0.407 e. The number of fused-ring (bicyclic) bond motifs is 1. The number of carbonyl (C=O) groups excluding carboxylic acids is 2. The maximum absolute atomic E-state index is 13.5. The van der Waals surface area contributed by atoms with Gasteiger partial charge in [0.1, 0.15) is 6.61 Å². The zero-order valence-corrected chi connectivity index (χ0v) is 25.0. The van der Waals surface area contributed by atoms with Gasteiger partial charge in [-0.25, -0.2) is 4.79 Å². The minimum absolute atomic E-state index is 0.0723. The highest BCUT2D eigenvalue weighted by atomic mass is 32.2. The van der Waals surface area contributed by atoms with Gasteiger partial charge in [-0.15, -0.1) is 11.8 Å². The number of hydrogen-bond acceptors (Lipinski definition) is 5. The molecule has 6 atom stereocenters. The second-order valence-corrected chi connectivity index (χ2v) is 13.7. The quantitative estimate of drug-likeness (QED) is 0.283. The van der Waals surface area contributed by atoms with Crippen molar-refractivity contribution >= 4 is 23.8 Å². The van der Waals surface area contributed by atoms with Gasteiger partial charge >= 0.3 is 6.09 Å². The Bertz CT molecular complexity index is 1070. The summed E-state index contributed by atoms with van der Waals surface area (Å²) in [5.74, 6) is 1.75. The van der Waals surface area contributed by atoms with Crippen molar-refractivity contribution in [2.45, 2.75) is 94.9 Å². The van der Waals surface area contributed by atoms with E-state index in [9.17, 15) is 14.7 Å². The van der Waals surface area contributed by atoms with Crippen LogP contribution in [0.1, 0.15) is 71.3 Å². The molecule has 2 saturated carbocycles. The molecule has 2 aliphatic rings. The largest absolute Gasteiger partial charge is 0.445 e. The van der Waals surface area contributed by atoms with E-state index in [0.717, 1.165) is 23.3 Å². The maximum atomic E-state index is 13.5. The van der Waals surface area contributed by atoms with Crippen LogP contribution >= 0.6 is 11.8 Å². The molecule has 2 aromatic carbocycles. The monoisotopic (exact) mass is 566 g/mol. The van der Waals surface area contributed by atoms with E-state index in [0.29, 0.717) is 24.0 Å². The lowest BCUT2D eigenvalue weighted by Gasteiger charge is -2.45. The second kappa shape index (κ2) is 14.4. The molecule has 0 aromatic heterocycles. The summed E-state index contributed by atoms with van der Waals surface area (Å²) in [6.07, 6.45) is 5.89. The Labute approximate surface area is 244 Å². The summed E-state index contributed by atoms with van der Waals surface area (Å²) in [4.78, 5) is 27.4. The van der Waals surface area contributed by atoms with Crippen molar-refractivity contribution in [1.82, 2.24) is 10.6 Å². The summed E-state index contributed by atoms with van der Waals surface area (Å²) in [5, 5.41) is 17.8. The van der Waals surface area contributed by atoms with E-state index < -0.39 is 18.2 Å². The zero-order valence-electron chi connectivity index (χ0n) is 24.2. The van der Waals surface area contributed by atoms with Gasteiger partial charge in [0, 0.05) is 22.1 Å². The van der Waals surface area contributed by atoms with E-state index in [1.165, 1.54) is 25.7 Å². The van der Waals surface area contributed by atoms with Crippen LogP contribution in [0.25, 0.3) is 0 Å². The highest BCUT2D eigenvalue weighted by molar-refractivity contribution is 7.99. The van der Waals surface area contributed by atoms with Gasteiger partial charge in [0.05, 0.1) is 12.1 Å². The van der Waals surface area contributed by atoms with Gasteiger partial charge < -0.3 is 20.5 Å². The van der Waals surface area contributed by atoms with E-state index in [2.05, 4.69) is 10.6 Å². The van der Waals surface area contributed by atoms with Crippen LogP contribution in [0, 0.1) is 23.7 Å². The summed E-state index contributed by atoms with van der Waals surface area (Å²) >= 11 is 1.60. The molecule has 2 fully saturated rings. The molecule has 2 aromatic rings. The molecule has 218 valence electrons. The fourth-order valence-electron chi connectivity index (χ4n) is 6.36. The predicted molar refractivity (Wildman–Crippen MR) is 161 cm³/mol. The molecular formula is C33H46N2O4S. The number of hydrogen-bond donors (Lipinski definition) is 3. The minimum atomic E-state index is -0.796. The molecule has 2 amide bonds. The van der Waals surface area contributed by atoms with Gasteiger partial charge in [0.25, 0.3) is 0 Å². The predicted octanol–water partition coefficient (Wildman–Crippen LogP) is 6.57. The lowest BCUT2D eigenvalue weighted by atomic mass is 9.62. The average Bonchev–Trinajstić information content (AvgIpc) is 2.94. The Morgan fingerprint density at radius 2 is 1.60 bits per heavy atom. The zero-order chi connectivity index (χ0) is 28.5. The number of nitrogens with one attached hydrogen (secondary N) is 2. The average molecular weight is 567 g/mol. The van der Waals surface area contributed by atoms with Crippen molar-refractivity contribution in [3.63, 3.8) is 0 Å². The Morgan fingerprint density at radius 1 is 0.975 bits per heavy atom. The number of ether oxygens (including phenoxy) is 1. The van der Waals surface area contributed by atoms with Crippen molar-refractivity contribution in [3.05, 3.63) is 66.2 Å². The van der Waals surface area contributed by atoms with Gasteiger partial charge in [-0.05, 0) is 75.5 Å². The minimum Gasteiger partial charge on any atom is -0.445 e. The van der Waals surface area contributed by atoms with Crippen molar-refractivity contribution in [2.75, 3.05) is 5.75 Å². The summed E-state index contributed by atoms with van der Waals surface area (Å²) < 4.78 is 5.50. The molecule has 0 aliphatic heterocycles. The number of aliphatic hydroxyl groups is 1. The molecule has 40 heavy (non-hydrogen) atoms. The fourth-order valence-corrected chi connectivity index (χ4v) is 7.39. The standard InChI is InChI=1S/C33H46N2O4S/c1-33(2,3)35-31(37)28-19-25-15-11-10-14-24(25)18-26(28)20-30(36)29(22-40-27-16-8-5-9-17-27)34-32(38)39-21-23-12-6-4-7-13-23/h4-9,12-13,16-17,24-26,28-30,36H,10-11,14-15,18-22H2,1-3H3,(H,34,38)(H,35,37)/t24-,25+,26?,28-,29+,30-/m1/s1. The van der Waals surface area contributed by atoms with Crippen LogP contribution in [0.4, 0.5) is 4.79 Å². The van der Waals surface area contributed by atoms with E-state index >= 15 is 0 Å². The summed E-state index contributed by atoms with van der Waals surface area (Å²) in [6.45, 7) is 6.22. The molecule has 4 rings (SSSR count). The van der Waals surface area contributed by atoms with Gasteiger partial charge in [-0.1, -0.05) is 74.2 Å². The first-order chi connectivity index (χ1) is 19.2. The third kappa shape index (κ3) is 9.27. The van der Waals surface area contributed by atoms with Crippen molar-refractivity contribution in [1.29, 1.82) is 0 Å². The molecule has 6 nitrogen and oxygen atoms in total. The normalized spacial score (nSPS) is 24.3. The molecule has 0 bridgehead atoms. The molecule has 7 heteroatoms. The van der Waals surface area contributed by atoms with Crippen molar-refractivity contribution < 1.29 is 19.4 Å². The van der Waals surface area contributed by atoms with Crippen LogP contribution in [0.5, 0.6) is 0 Å². The Balaban J connectivity index is 1.45.